The molecule has 0 aliphatic rings. The van der Waals surface area contributed by atoms with Gasteiger partial charge in [-0.2, -0.15) is 0 Å². The van der Waals surface area contributed by atoms with Gasteiger partial charge in [-0.3, -0.25) is 4.79 Å². The Bertz CT molecular complexity index is 946. The van der Waals surface area contributed by atoms with Crippen molar-refractivity contribution in [2.75, 3.05) is 6.61 Å². The molecule has 1 N–H and O–H groups in total. The lowest BCUT2D eigenvalue weighted by Gasteiger charge is -2.20. The maximum absolute atomic E-state index is 12.4. The quantitative estimate of drug-likeness (QED) is 0.477. The van der Waals surface area contributed by atoms with Crippen molar-refractivity contribution in [2.45, 2.75) is 6.04 Å². The van der Waals surface area contributed by atoms with Crippen LogP contribution < -0.4 is 5.32 Å². The van der Waals surface area contributed by atoms with Crippen molar-refractivity contribution in [2.24, 2.45) is 0 Å². The van der Waals surface area contributed by atoms with E-state index in [-0.39, 0.29) is 10.7 Å². The molecule has 0 saturated carbocycles. The van der Waals surface area contributed by atoms with Crippen LogP contribution in [0.2, 0.25) is 10.2 Å². The van der Waals surface area contributed by atoms with Gasteiger partial charge in [0.1, 0.15) is 5.15 Å². The van der Waals surface area contributed by atoms with Crippen molar-refractivity contribution >= 4 is 35.1 Å². The van der Waals surface area contributed by atoms with Crippen LogP contribution in [-0.2, 0) is 9.53 Å². The summed E-state index contributed by atoms with van der Waals surface area (Å²) in [7, 11) is 0. The van der Waals surface area contributed by atoms with E-state index in [9.17, 15) is 9.59 Å². The Morgan fingerprint density at radius 3 is 2.25 bits per heavy atom. The van der Waals surface area contributed by atoms with Crippen LogP contribution >= 0.6 is 23.2 Å². The number of rotatable bonds is 6. The number of ether oxygens (including phenoxy) is 1. The maximum Gasteiger partial charge on any atom is 0.340 e. The van der Waals surface area contributed by atoms with Crippen LogP contribution in [-0.4, -0.2) is 23.5 Å². The molecule has 1 unspecified atom stereocenters. The number of esters is 1. The molecule has 1 amide bonds. The lowest BCUT2D eigenvalue weighted by Crippen LogP contribution is -2.33. The Morgan fingerprint density at radius 2 is 1.61 bits per heavy atom. The van der Waals surface area contributed by atoms with Crippen molar-refractivity contribution < 1.29 is 14.3 Å². The van der Waals surface area contributed by atoms with Crippen LogP contribution in [0.1, 0.15) is 27.5 Å². The van der Waals surface area contributed by atoms with Gasteiger partial charge in [0, 0.05) is 11.2 Å². The van der Waals surface area contributed by atoms with E-state index >= 15 is 0 Å². The number of carbonyl (C=O) groups is 2. The van der Waals surface area contributed by atoms with E-state index in [0.29, 0.717) is 5.02 Å². The summed E-state index contributed by atoms with van der Waals surface area (Å²) in [5, 5.41) is 3.76. The number of halogens is 2. The van der Waals surface area contributed by atoms with Gasteiger partial charge in [-0.1, -0.05) is 65.7 Å². The maximum atomic E-state index is 12.4. The van der Waals surface area contributed by atoms with E-state index in [0.717, 1.165) is 11.1 Å². The second-order valence-electron chi connectivity index (χ2n) is 5.91. The molecule has 7 heteroatoms. The Kier molecular flexibility index (Phi) is 6.63. The molecule has 0 spiro atoms. The Hall–Kier alpha value is -2.89. The van der Waals surface area contributed by atoms with Gasteiger partial charge in [-0.05, 0) is 35.4 Å². The summed E-state index contributed by atoms with van der Waals surface area (Å²) in [5.41, 5.74) is 1.97. The van der Waals surface area contributed by atoms with E-state index in [1.54, 1.807) is 12.1 Å². The Balaban J connectivity index is 1.68. The van der Waals surface area contributed by atoms with Crippen molar-refractivity contribution in [3.05, 3.63) is 99.8 Å². The smallest absolute Gasteiger partial charge is 0.340 e. The fraction of sp³-hybridized carbons (Fsp3) is 0.0952. The summed E-state index contributed by atoms with van der Waals surface area (Å²) >= 11 is 11.7. The molecule has 0 saturated heterocycles. The van der Waals surface area contributed by atoms with Gasteiger partial charge in [-0.15, -0.1) is 0 Å². The molecule has 1 atom stereocenters. The minimum atomic E-state index is -0.651. The molecule has 2 aromatic carbocycles. The molecule has 3 aromatic rings. The second-order valence-corrected chi connectivity index (χ2v) is 6.73. The zero-order valence-electron chi connectivity index (χ0n) is 14.6. The number of carbonyl (C=O) groups excluding carboxylic acids is 2. The van der Waals surface area contributed by atoms with Crippen molar-refractivity contribution in [1.29, 1.82) is 0 Å². The molecule has 1 heterocycles. The van der Waals surface area contributed by atoms with E-state index in [2.05, 4.69) is 10.3 Å². The molecule has 28 heavy (non-hydrogen) atoms. The molecule has 5 nitrogen and oxygen atoms in total. The third-order valence-electron chi connectivity index (χ3n) is 3.94. The van der Waals surface area contributed by atoms with Gasteiger partial charge in [0.25, 0.3) is 5.91 Å². The Labute approximate surface area is 172 Å². The van der Waals surface area contributed by atoms with Crippen LogP contribution in [0.5, 0.6) is 0 Å². The van der Waals surface area contributed by atoms with Gasteiger partial charge >= 0.3 is 5.97 Å². The summed E-state index contributed by atoms with van der Waals surface area (Å²) in [5.74, 6) is -1.08. The van der Waals surface area contributed by atoms with Gasteiger partial charge in [0.05, 0.1) is 11.6 Å². The molecule has 0 bridgehead atoms. The average Bonchev–Trinajstić information content (AvgIpc) is 2.72. The van der Waals surface area contributed by atoms with E-state index in [1.165, 1.54) is 18.3 Å². The third kappa shape index (κ3) is 5.31. The first kappa shape index (κ1) is 19.9. The molecular weight excluding hydrogens is 399 g/mol. The SMILES string of the molecule is O=C(COC(=O)c1ccc(Cl)nc1)NC(c1ccccc1)c1ccc(Cl)cc1. The monoisotopic (exact) mass is 414 g/mol. The molecule has 142 valence electrons. The van der Waals surface area contributed by atoms with E-state index in [4.69, 9.17) is 27.9 Å². The number of nitrogens with zero attached hydrogens (tertiary/aromatic N) is 1. The summed E-state index contributed by atoms with van der Waals surface area (Å²) in [6.45, 7) is -0.418. The summed E-state index contributed by atoms with van der Waals surface area (Å²) in [4.78, 5) is 28.2. The number of amides is 1. The van der Waals surface area contributed by atoms with Crippen LogP contribution in [0.25, 0.3) is 0 Å². The highest BCUT2D eigenvalue weighted by Gasteiger charge is 2.18. The minimum absolute atomic E-state index is 0.217. The highest BCUT2D eigenvalue weighted by atomic mass is 35.5. The number of pyridine rings is 1. The zero-order valence-corrected chi connectivity index (χ0v) is 16.2. The summed E-state index contributed by atoms with van der Waals surface area (Å²) in [6.07, 6.45) is 1.29. The first-order chi connectivity index (χ1) is 13.5. The third-order valence-corrected chi connectivity index (χ3v) is 4.41. The normalized spacial score (nSPS) is 11.5. The fourth-order valence-corrected chi connectivity index (χ4v) is 2.81. The van der Waals surface area contributed by atoms with Gasteiger partial charge in [0.15, 0.2) is 6.61 Å². The first-order valence-electron chi connectivity index (χ1n) is 8.41. The van der Waals surface area contributed by atoms with Crippen molar-refractivity contribution in [3.63, 3.8) is 0 Å². The van der Waals surface area contributed by atoms with Crippen LogP contribution in [0.3, 0.4) is 0 Å². The predicted molar refractivity (Wildman–Crippen MR) is 107 cm³/mol. The zero-order chi connectivity index (χ0) is 19.9. The topological polar surface area (TPSA) is 68.3 Å². The number of aromatic nitrogens is 1. The molecule has 0 fully saturated rings. The lowest BCUT2D eigenvalue weighted by molar-refractivity contribution is -0.124. The van der Waals surface area contributed by atoms with Gasteiger partial charge in [-0.25, -0.2) is 9.78 Å². The molecule has 3 rings (SSSR count). The molecule has 0 aliphatic heterocycles. The van der Waals surface area contributed by atoms with Crippen molar-refractivity contribution in [1.82, 2.24) is 10.3 Å². The van der Waals surface area contributed by atoms with Crippen LogP contribution in [0.15, 0.2) is 72.9 Å². The van der Waals surface area contributed by atoms with E-state index < -0.39 is 24.5 Å². The number of benzene rings is 2. The predicted octanol–water partition coefficient (Wildman–Crippen LogP) is 4.45. The molecule has 0 radical (unpaired) electrons. The standard InChI is InChI=1S/C21H16Cl2N2O3/c22-17-9-6-15(7-10-17)20(14-4-2-1-3-5-14)25-19(26)13-28-21(27)16-8-11-18(23)24-12-16/h1-12,20H,13H2,(H,25,26). The highest BCUT2D eigenvalue weighted by molar-refractivity contribution is 6.30. The number of hydrogen-bond donors (Lipinski definition) is 1. The van der Waals surface area contributed by atoms with Crippen LogP contribution in [0.4, 0.5) is 0 Å². The minimum Gasteiger partial charge on any atom is -0.452 e. The van der Waals surface area contributed by atoms with E-state index in [1.807, 2.05) is 42.5 Å². The number of nitrogens with one attached hydrogen (secondary N) is 1. The molecular formula is C21H16Cl2N2O3. The molecule has 1 aromatic heterocycles. The largest absolute Gasteiger partial charge is 0.452 e. The molecule has 0 aliphatic carbocycles. The van der Waals surface area contributed by atoms with Crippen LogP contribution in [0, 0.1) is 0 Å². The highest BCUT2D eigenvalue weighted by Crippen LogP contribution is 2.23. The lowest BCUT2D eigenvalue weighted by atomic mass is 9.99. The van der Waals surface area contributed by atoms with Crippen molar-refractivity contribution in [3.8, 4) is 0 Å². The number of hydrogen-bond acceptors (Lipinski definition) is 4. The first-order valence-corrected chi connectivity index (χ1v) is 9.17. The van der Waals surface area contributed by atoms with Gasteiger partial charge < -0.3 is 10.1 Å². The average molecular weight is 415 g/mol. The second kappa shape index (κ2) is 9.35. The summed E-state index contributed by atoms with van der Waals surface area (Å²) < 4.78 is 5.07. The Morgan fingerprint density at radius 1 is 0.929 bits per heavy atom. The fourth-order valence-electron chi connectivity index (χ4n) is 2.57. The summed E-state index contributed by atoms with van der Waals surface area (Å²) in [6, 6.07) is 19.2. The van der Waals surface area contributed by atoms with Gasteiger partial charge in [0.2, 0.25) is 0 Å².